The van der Waals surface area contributed by atoms with Crippen LogP contribution >= 0.6 is 0 Å². The van der Waals surface area contributed by atoms with Crippen LogP contribution in [-0.2, 0) is 4.74 Å². The maximum absolute atomic E-state index is 10.4. The van der Waals surface area contributed by atoms with Crippen molar-refractivity contribution < 1.29 is 14.6 Å². The molecule has 1 aliphatic heterocycles. The van der Waals surface area contributed by atoms with Crippen LogP contribution in [0.2, 0.25) is 0 Å². The molecule has 0 bridgehead atoms. The normalized spacial score (nSPS) is 18.4. The van der Waals surface area contributed by atoms with E-state index in [9.17, 15) is 5.11 Å². The van der Waals surface area contributed by atoms with E-state index in [1.54, 1.807) is 7.11 Å². The molecule has 18 heavy (non-hydrogen) atoms. The molecule has 0 radical (unpaired) electrons. The number of benzene rings is 1. The Kier molecular flexibility index (Phi) is 4.09. The summed E-state index contributed by atoms with van der Waals surface area (Å²) in [5.74, 6) is 0.850. The number of ether oxygens (including phenoxy) is 2. The number of anilines is 1. The first-order valence-corrected chi connectivity index (χ1v) is 6.32. The second kappa shape index (κ2) is 5.59. The van der Waals surface area contributed by atoms with Crippen molar-refractivity contribution in [2.75, 3.05) is 32.2 Å². The van der Waals surface area contributed by atoms with Gasteiger partial charge in [0.25, 0.3) is 0 Å². The molecule has 4 heteroatoms. The quantitative estimate of drug-likeness (QED) is 0.859. The van der Waals surface area contributed by atoms with Crippen LogP contribution in [0.4, 0.5) is 5.69 Å². The number of nitrogens with one attached hydrogen (secondary N) is 1. The SMILES string of the molecule is COc1ccc(NCC2(O)CCOCC2)c(C)c1. The highest BCUT2D eigenvalue weighted by Crippen LogP contribution is 2.24. The summed E-state index contributed by atoms with van der Waals surface area (Å²) in [5.41, 5.74) is 1.51. The lowest BCUT2D eigenvalue weighted by Gasteiger charge is -2.32. The molecule has 2 N–H and O–H groups in total. The van der Waals surface area contributed by atoms with Gasteiger partial charge in [-0.25, -0.2) is 0 Å². The zero-order chi connectivity index (χ0) is 13.0. The first-order chi connectivity index (χ1) is 8.63. The molecule has 100 valence electrons. The fourth-order valence-electron chi connectivity index (χ4n) is 2.15. The summed E-state index contributed by atoms with van der Waals surface area (Å²) in [6.07, 6.45) is 1.38. The van der Waals surface area contributed by atoms with Crippen LogP contribution in [0.25, 0.3) is 0 Å². The van der Waals surface area contributed by atoms with Gasteiger partial charge >= 0.3 is 0 Å². The highest BCUT2D eigenvalue weighted by atomic mass is 16.5. The average Bonchev–Trinajstić information content (AvgIpc) is 2.38. The lowest BCUT2D eigenvalue weighted by molar-refractivity contribution is -0.0543. The van der Waals surface area contributed by atoms with Crippen LogP contribution in [0.15, 0.2) is 18.2 Å². The molecule has 1 aliphatic rings. The molecular weight excluding hydrogens is 230 g/mol. The third kappa shape index (κ3) is 3.15. The molecule has 0 unspecified atom stereocenters. The molecule has 0 amide bonds. The fourth-order valence-corrected chi connectivity index (χ4v) is 2.15. The van der Waals surface area contributed by atoms with Crippen LogP contribution in [0.3, 0.4) is 0 Å². The van der Waals surface area contributed by atoms with Crippen molar-refractivity contribution in [1.29, 1.82) is 0 Å². The Hall–Kier alpha value is -1.26. The summed E-state index contributed by atoms with van der Waals surface area (Å²) >= 11 is 0. The van der Waals surface area contributed by atoms with Gasteiger partial charge in [-0.15, -0.1) is 0 Å². The van der Waals surface area contributed by atoms with Gasteiger partial charge < -0.3 is 19.9 Å². The zero-order valence-electron chi connectivity index (χ0n) is 11.0. The van der Waals surface area contributed by atoms with Crippen molar-refractivity contribution >= 4 is 5.69 Å². The van der Waals surface area contributed by atoms with E-state index in [4.69, 9.17) is 9.47 Å². The van der Waals surface area contributed by atoms with Crippen LogP contribution in [0.1, 0.15) is 18.4 Å². The molecule has 2 rings (SSSR count). The lowest BCUT2D eigenvalue weighted by Crippen LogP contribution is -2.42. The minimum atomic E-state index is -0.648. The number of methoxy groups -OCH3 is 1. The average molecular weight is 251 g/mol. The second-order valence-electron chi connectivity index (χ2n) is 4.87. The van der Waals surface area contributed by atoms with E-state index in [0.717, 1.165) is 17.0 Å². The van der Waals surface area contributed by atoms with E-state index in [-0.39, 0.29) is 0 Å². The van der Waals surface area contributed by atoms with Gasteiger partial charge in [-0.3, -0.25) is 0 Å². The predicted molar refractivity (Wildman–Crippen MR) is 71.2 cm³/mol. The summed E-state index contributed by atoms with van der Waals surface area (Å²) < 4.78 is 10.4. The van der Waals surface area contributed by atoms with Gasteiger partial charge in [-0.05, 0) is 30.7 Å². The molecule has 0 aliphatic carbocycles. The summed E-state index contributed by atoms with van der Waals surface area (Å²) in [6, 6.07) is 5.89. The van der Waals surface area contributed by atoms with E-state index < -0.39 is 5.60 Å². The first kappa shape index (κ1) is 13.2. The van der Waals surface area contributed by atoms with Crippen molar-refractivity contribution in [2.24, 2.45) is 0 Å². The lowest BCUT2D eigenvalue weighted by atomic mass is 9.94. The number of aryl methyl sites for hydroxylation is 1. The minimum Gasteiger partial charge on any atom is -0.497 e. The van der Waals surface area contributed by atoms with E-state index in [2.05, 4.69) is 5.32 Å². The van der Waals surface area contributed by atoms with Crippen molar-refractivity contribution in [3.63, 3.8) is 0 Å². The molecule has 1 saturated heterocycles. The van der Waals surface area contributed by atoms with Crippen LogP contribution in [-0.4, -0.2) is 37.6 Å². The highest BCUT2D eigenvalue weighted by Gasteiger charge is 2.29. The molecule has 1 aromatic rings. The molecule has 0 aromatic heterocycles. The number of hydrogen-bond donors (Lipinski definition) is 2. The van der Waals surface area contributed by atoms with Crippen LogP contribution in [0.5, 0.6) is 5.75 Å². The van der Waals surface area contributed by atoms with Gasteiger partial charge in [0.15, 0.2) is 0 Å². The van der Waals surface area contributed by atoms with Gasteiger partial charge in [0, 0.05) is 38.3 Å². The maximum atomic E-state index is 10.4. The Morgan fingerprint density at radius 2 is 2.11 bits per heavy atom. The molecule has 4 nitrogen and oxygen atoms in total. The first-order valence-electron chi connectivity index (χ1n) is 6.32. The molecular formula is C14H21NO3. The highest BCUT2D eigenvalue weighted by molar-refractivity contribution is 5.53. The second-order valence-corrected chi connectivity index (χ2v) is 4.87. The van der Waals surface area contributed by atoms with Crippen molar-refractivity contribution in [3.05, 3.63) is 23.8 Å². The van der Waals surface area contributed by atoms with E-state index in [0.29, 0.717) is 32.6 Å². The Balaban J connectivity index is 1.97. The molecule has 1 heterocycles. The van der Waals surface area contributed by atoms with Crippen LogP contribution < -0.4 is 10.1 Å². The van der Waals surface area contributed by atoms with Gasteiger partial charge in [-0.1, -0.05) is 0 Å². The molecule has 0 atom stereocenters. The minimum absolute atomic E-state index is 0.559. The molecule has 1 fully saturated rings. The third-order valence-corrected chi connectivity index (χ3v) is 3.46. The number of rotatable bonds is 4. The topological polar surface area (TPSA) is 50.7 Å². The van der Waals surface area contributed by atoms with Crippen molar-refractivity contribution in [1.82, 2.24) is 0 Å². The fraction of sp³-hybridized carbons (Fsp3) is 0.571. The number of aliphatic hydroxyl groups is 1. The molecule has 1 aromatic carbocycles. The van der Waals surface area contributed by atoms with E-state index >= 15 is 0 Å². The Labute approximate surface area is 108 Å². The van der Waals surface area contributed by atoms with E-state index in [1.807, 2.05) is 25.1 Å². The predicted octanol–water partition coefficient (Wildman–Crippen LogP) is 1.96. The Bertz CT molecular complexity index is 400. The van der Waals surface area contributed by atoms with Gasteiger partial charge in [-0.2, -0.15) is 0 Å². The van der Waals surface area contributed by atoms with Gasteiger partial charge in [0.1, 0.15) is 5.75 Å². The Morgan fingerprint density at radius 1 is 1.39 bits per heavy atom. The van der Waals surface area contributed by atoms with Crippen molar-refractivity contribution in [3.8, 4) is 5.75 Å². The monoisotopic (exact) mass is 251 g/mol. The third-order valence-electron chi connectivity index (χ3n) is 3.46. The standard InChI is InChI=1S/C14H21NO3/c1-11-9-12(17-2)3-4-13(11)15-10-14(16)5-7-18-8-6-14/h3-4,9,15-16H,5-8,10H2,1-2H3. The Morgan fingerprint density at radius 3 is 2.72 bits per heavy atom. The largest absolute Gasteiger partial charge is 0.497 e. The molecule has 0 saturated carbocycles. The summed E-state index contributed by atoms with van der Waals surface area (Å²) in [6.45, 7) is 3.86. The summed E-state index contributed by atoms with van der Waals surface area (Å²) in [4.78, 5) is 0. The van der Waals surface area contributed by atoms with Gasteiger partial charge in [0.05, 0.1) is 12.7 Å². The summed E-state index contributed by atoms with van der Waals surface area (Å²) in [5, 5.41) is 13.7. The van der Waals surface area contributed by atoms with Crippen molar-refractivity contribution in [2.45, 2.75) is 25.4 Å². The van der Waals surface area contributed by atoms with Crippen LogP contribution in [0, 0.1) is 6.92 Å². The number of hydrogen-bond acceptors (Lipinski definition) is 4. The van der Waals surface area contributed by atoms with Gasteiger partial charge in [0.2, 0.25) is 0 Å². The molecule has 0 spiro atoms. The summed E-state index contributed by atoms with van der Waals surface area (Å²) in [7, 11) is 1.66. The maximum Gasteiger partial charge on any atom is 0.119 e. The van der Waals surface area contributed by atoms with E-state index in [1.165, 1.54) is 0 Å². The smallest absolute Gasteiger partial charge is 0.119 e. The zero-order valence-corrected chi connectivity index (χ0v) is 11.0.